The third-order valence-corrected chi connectivity index (χ3v) is 3.20. The number of aromatic amines is 1. The Labute approximate surface area is 138 Å². The summed E-state index contributed by atoms with van der Waals surface area (Å²) in [7, 11) is 0. The SMILES string of the molecule is CC(=O)c1cccc(NC(=O)COC(=O)c2cc(C(C)=O)c[nH]2)c1. The van der Waals surface area contributed by atoms with E-state index in [-0.39, 0.29) is 17.3 Å². The maximum Gasteiger partial charge on any atom is 0.355 e. The second-order valence-electron chi connectivity index (χ2n) is 5.12. The minimum absolute atomic E-state index is 0.0894. The molecule has 0 aliphatic rings. The number of ketones is 2. The molecule has 0 saturated heterocycles. The monoisotopic (exact) mass is 328 g/mol. The quantitative estimate of drug-likeness (QED) is 0.625. The second kappa shape index (κ2) is 7.36. The van der Waals surface area contributed by atoms with E-state index in [1.54, 1.807) is 18.2 Å². The Morgan fingerprint density at radius 2 is 1.75 bits per heavy atom. The van der Waals surface area contributed by atoms with Crippen molar-refractivity contribution in [1.29, 1.82) is 0 Å². The van der Waals surface area contributed by atoms with Crippen molar-refractivity contribution in [2.75, 3.05) is 11.9 Å². The number of esters is 1. The number of anilines is 1. The molecule has 0 bridgehead atoms. The van der Waals surface area contributed by atoms with Crippen LogP contribution in [0.25, 0.3) is 0 Å². The van der Waals surface area contributed by atoms with Crippen molar-refractivity contribution in [3.8, 4) is 0 Å². The van der Waals surface area contributed by atoms with Crippen LogP contribution in [0, 0.1) is 0 Å². The highest BCUT2D eigenvalue weighted by Crippen LogP contribution is 2.11. The molecule has 2 aromatic rings. The first-order chi connectivity index (χ1) is 11.4. The molecular weight excluding hydrogens is 312 g/mol. The number of amides is 1. The van der Waals surface area contributed by atoms with Crippen LogP contribution >= 0.6 is 0 Å². The molecular formula is C17H16N2O5. The Morgan fingerprint density at radius 1 is 1.04 bits per heavy atom. The zero-order valence-corrected chi connectivity index (χ0v) is 13.2. The maximum atomic E-state index is 11.8. The highest BCUT2D eigenvalue weighted by Gasteiger charge is 2.14. The van der Waals surface area contributed by atoms with Gasteiger partial charge in [-0.3, -0.25) is 14.4 Å². The number of H-pyrrole nitrogens is 1. The lowest BCUT2D eigenvalue weighted by atomic mass is 10.1. The number of carbonyl (C=O) groups is 4. The summed E-state index contributed by atoms with van der Waals surface area (Å²) in [6.45, 7) is 2.31. The lowest BCUT2D eigenvalue weighted by Gasteiger charge is -2.07. The fourth-order valence-electron chi connectivity index (χ4n) is 1.94. The van der Waals surface area contributed by atoms with Crippen molar-refractivity contribution in [3.63, 3.8) is 0 Å². The molecule has 0 atom stereocenters. The largest absolute Gasteiger partial charge is 0.451 e. The number of nitrogens with one attached hydrogen (secondary N) is 2. The van der Waals surface area contributed by atoms with Crippen molar-refractivity contribution in [2.24, 2.45) is 0 Å². The van der Waals surface area contributed by atoms with Crippen molar-refractivity contribution < 1.29 is 23.9 Å². The molecule has 1 aromatic heterocycles. The van der Waals surface area contributed by atoms with Crippen LogP contribution in [0.1, 0.15) is 45.1 Å². The van der Waals surface area contributed by atoms with Gasteiger partial charge in [0.15, 0.2) is 18.2 Å². The van der Waals surface area contributed by atoms with Gasteiger partial charge in [0, 0.05) is 23.0 Å². The Balaban J connectivity index is 1.90. The number of aromatic nitrogens is 1. The highest BCUT2D eigenvalue weighted by atomic mass is 16.5. The smallest absolute Gasteiger partial charge is 0.355 e. The van der Waals surface area contributed by atoms with Crippen LogP contribution < -0.4 is 5.32 Å². The molecule has 2 rings (SSSR count). The van der Waals surface area contributed by atoms with Gasteiger partial charge in [0.05, 0.1) is 0 Å². The van der Waals surface area contributed by atoms with Gasteiger partial charge in [0.1, 0.15) is 5.69 Å². The van der Waals surface area contributed by atoms with Gasteiger partial charge in [-0.25, -0.2) is 4.79 Å². The van der Waals surface area contributed by atoms with Gasteiger partial charge in [-0.2, -0.15) is 0 Å². The summed E-state index contributed by atoms with van der Waals surface area (Å²) in [5, 5.41) is 2.53. The average Bonchev–Trinajstić information content (AvgIpc) is 3.03. The van der Waals surface area contributed by atoms with Crippen LogP contribution in [0.5, 0.6) is 0 Å². The Bertz CT molecular complexity index is 807. The van der Waals surface area contributed by atoms with E-state index in [0.717, 1.165) is 0 Å². The number of rotatable bonds is 6. The topological polar surface area (TPSA) is 105 Å². The van der Waals surface area contributed by atoms with Gasteiger partial charge < -0.3 is 15.0 Å². The molecule has 124 valence electrons. The van der Waals surface area contributed by atoms with Crippen LogP contribution in [0.15, 0.2) is 36.5 Å². The molecule has 1 amide bonds. The molecule has 0 aliphatic carbocycles. The molecule has 24 heavy (non-hydrogen) atoms. The predicted octanol–water partition coefficient (Wildman–Crippen LogP) is 2.22. The van der Waals surface area contributed by atoms with Gasteiger partial charge in [0.25, 0.3) is 5.91 Å². The van der Waals surface area contributed by atoms with E-state index in [4.69, 9.17) is 4.74 Å². The Hall–Kier alpha value is -3.22. The van der Waals surface area contributed by atoms with E-state index >= 15 is 0 Å². The number of hydrogen-bond acceptors (Lipinski definition) is 5. The number of carbonyl (C=O) groups excluding carboxylic acids is 4. The average molecular weight is 328 g/mol. The van der Waals surface area contributed by atoms with Crippen molar-refractivity contribution in [3.05, 3.63) is 53.3 Å². The van der Waals surface area contributed by atoms with Gasteiger partial charge in [-0.15, -0.1) is 0 Å². The van der Waals surface area contributed by atoms with Crippen LogP contribution in [0.2, 0.25) is 0 Å². The lowest BCUT2D eigenvalue weighted by Crippen LogP contribution is -2.21. The lowest BCUT2D eigenvalue weighted by molar-refractivity contribution is -0.119. The molecule has 1 heterocycles. The standard InChI is InChI=1S/C17H16N2O5/c1-10(20)12-4-3-5-14(6-12)19-16(22)9-24-17(23)15-7-13(8-18-15)11(2)21/h3-8,18H,9H2,1-2H3,(H,19,22). The first-order valence-electron chi connectivity index (χ1n) is 7.14. The first-order valence-corrected chi connectivity index (χ1v) is 7.14. The van der Waals surface area contributed by atoms with Gasteiger partial charge in [-0.05, 0) is 32.0 Å². The van der Waals surface area contributed by atoms with E-state index in [2.05, 4.69) is 10.3 Å². The molecule has 7 heteroatoms. The van der Waals surface area contributed by atoms with Crippen molar-refractivity contribution in [2.45, 2.75) is 13.8 Å². The van der Waals surface area contributed by atoms with Crippen LogP contribution in [-0.2, 0) is 9.53 Å². The molecule has 1 aromatic carbocycles. The molecule has 2 N–H and O–H groups in total. The van der Waals surface area contributed by atoms with Crippen LogP contribution in [-0.4, -0.2) is 35.0 Å². The minimum Gasteiger partial charge on any atom is -0.451 e. The third kappa shape index (κ3) is 4.39. The van der Waals surface area contributed by atoms with Gasteiger partial charge in [0.2, 0.25) is 0 Å². The second-order valence-corrected chi connectivity index (χ2v) is 5.12. The van der Waals surface area contributed by atoms with E-state index in [1.165, 1.54) is 32.2 Å². The molecule has 0 unspecified atom stereocenters. The Kier molecular flexibility index (Phi) is 5.26. The van der Waals surface area contributed by atoms with E-state index in [1.807, 2.05) is 0 Å². The summed E-state index contributed by atoms with van der Waals surface area (Å²) in [4.78, 5) is 48.7. The highest BCUT2D eigenvalue weighted by molar-refractivity contribution is 5.99. The predicted molar refractivity (Wildman–Crippen MR) is 86.2 cm³/mol. The molecule has 7 nitrogen and oxygen atoms in total. The van der Waals surface area contributed by atoms with Crippen molar-refractivity contribution >= 4 is 29.1 Å². The summed E-state index contributed by atoms with van der Waals surface area (Å²) >= 11 is 0. The third-order valence-electron chi connectivity index (χ3n) is 3.20. The molecule has 0 radical (unpaired) electrons. The van der Waals surface area contributed by atoms with Crippen LogP contribution in [0.4, 0.5) is 5.69 Å². The van der Waals surface area contributed by atoms with Gasteiger partial charge in [-0.1, -0.05) is 12.1 Å². The maximum absolute atomic E-state index is 11.8. The number of ether oxygens (including phenoxy) is 1. The zero-order chi connectivity index (χ0) is 17.7. The summed E-state index contributed by atoms with van der Waals surface area (Å²) in [5.74, 6) is -1.59. The van der Waals surface area contributed by atoms with E-state index in [0.29, 0.717) is 16.8 Å². The molecule has 0 saturated carbocycles. The van der Waals surface area contributed by atoms with Gasteiger partial charge >= 0.3 is 5.97 Å². The molecule has 0 aliphatic heterocycles. The number of benzene rings is 1. The van der Waals surface area contributed by atoms with E-state index in [9.17, 15) is 19.2 Å². The number of hydrogen-bond donors (Lipinski definition) is 2. The number of Topliss-reactive ketones (excluding diaryl/α,β-unsaturated/α-hetero) is 2. The fourth-order valence-corrected chi connectivity index (χ4v) is 1.94. The fraction of sp³-hybridized carbons (Fsp3) is 0.176. The van der Waals surface area contributed by atoms with Crippen molar-refractivity contribution in [1.82, 2.24) is 4.98 Å². The minimum atomic E-state index is -0.741. The Morgan fingerprint density at radius 3 is 2.38 bits per heavy atom. The first kappa shape index (κ1) is 17.1. The summed E-state index contributed by atoms with van der Waals surface area (Å²) in [6.07, 6.45) is 1.40. The summed E-state index contributed by atoms with van der Waals surface area (Å²) < 4.78 is 4.87. The molecule has 0 fully saturated rings. The summed E-state index contributed by atoms with van der Waals surface area (Å²) in [5.41, 5.74) is 1.34. The zero-order valence-electron chi connectivity index (χ0n) is 13.2. The summed E-state index contributed by atoms with van der Waals surface area (Å²) in [6, 6.07) is 7.79. The molecule has 0 spiro atoms. The normalized spacial score (nSPS) is 10.1. The van der Waals surface area contributed by atoms with Crippen LogP contribution in [0.3, 0.4) is 0 Å². The van der Waals surface area contributed by atoms with E-state index < -0.39 is 18.5 Å².